The van der Waals surface area contributed by atoms with E-state index >= 15 is 0 Å². The minimum Gasteiger partial charge on any atom is -0.508 e. The molecule has 1 aliphatic heterocycles. The third-order valence-corrected chi connectivity index (χ3v) is 3.23. The van der Waals surface area contributed by atoms with Crippen LogP contribution < -0.4 is 0 Å². The predicted octanol–water partition coefficient (Wildman–Crippen LogP) is 1.04. The Morgan fingerprint density at radius 1 is 1.44 bits per heavy atom. The zero-order valence-electron chi connectivity index (χ0n) is 8.12. The fraction of sp³-hybridized carbons (Fsp3) is 0.200. The zero-order valence-corrected chi connectivity index (χ0v) is 8.94. The van der Waals surface area contributed by atoms with Crippen LogP contribution in [-0.2, 0) is 4.79 Å². The number of aromatic hydroxyl groups is 2. The molecule has 0 saturated carbocycles. The number of carboxylic acid groups (broad SMARTS) is 1. The molecular formula is C10H9NO4S. The number of hydrogen-bond donors (Lipinski definition) is 3. The van der Waals surface area contributed by atoms with E-state index in [0.29, 0.717) is 16.4 Å². The summed E-state index contributed by atoms with van der Waals surface area (Å²) >= 11 is 1.25. The van der Waals surface area contributed by atoms with Gasteiger partial charge in [-0.3, -0.25) is 4.99 Å². The molecule has 0 fully saturated rings. The molecule has 1 aromatic rings. The number of carboxylic acids is 1. The number of thioether (sulfide) groups is 1. The Kier molecular flexibility index (Phi) is 2.74. The lowest BCUT2D eigenvalue weighted by molar-refractivity contribution is -0.137. The summed E-state index contributed by atoms with van der Waals surface area (Å²) in [6.07, 6.45) is 0. The van der Waals surface area contributed by atoms with Gasteiger partial charge in [0, 0.05) is 5.75 Å². The smallest absolute Gasteiger partial charge is 0.329 e. The van der Waals surface area contributed by atoms with Crippen LogP contribution in [0.15, 0.2) is 23.2 Å². The Hall–Kier alpha value is -1.69. The van der Waals surface area contributed by atoms with Crippen molar-refractivity contribution in [1.82, 2.24) is 0 Å². The standard InChI is InChI=1S/C10H9NO4S/c12-5-1-2-8(13)6(3-5)9-11-7(4-16-9)10(14)15/h1-3,7,12-13H,4H2,(H,14,15)/t7-/m1/s1. The molecular weight excluding hydrogens is 230 g/mol. The average molecular weight is 239 g/mol. The van der Waals surface area contributed by atoms with Gasteiger partial charge in [-0.25, -0.2) is 4.79 Å². The molecule has 2 rings (SSSR count). The largest absolute Gasteiger partial charge is 0.508 e. The third-order valence-electron chi connectivity index (χ3n) is 2.15. The normalized spacial score (nSPS) is 19.5. The molecule has 0 amide bonds. The summed E-state index contributed by atoms with van der Waals surface area (Å²) in [5, 5.41) is 28.1. The summed E-state index contributed by atoms with van der Waals surface area (Å²) in [6.45, 7) is 0. The van der Waals surface area contributed by atoms with Crippen molar-refractivity contribution in [2.75, 3.05) is 5.75 Å². The summed E-state index contributed by atoms with van der Waals surface area (Å²) in [6, 6.07) is 3.29. The van der Waals surface area contributed by atoms with Crippen LogP contribution in [0, 0.1) is 0 Å². The van der Waals surface area contributed by atoms with E-state index in [1.165, 1.54) is 30.0 Å². The first kappa shape index (κ1) is 10.8. The molecule has 5 nitrogen and oxygen atoms in total. The van der Waals surface area contributed by atoms with E-state index in [4.69, 9.17) is 5.11 Å². The average Bonchev–Trinajstić information content (AvgIpc) is 2.70. The van der Waals surface area contributed by atoms with Gasteiger partial charge in [-0.2, -0.15) is 0 Å². The van der Waals surface area contributed by atoms with Crippen LogP contribution >= 0.6 is 11.8 Å². The molecule has 6 heteroatoms. The Balaban J connectivity index is 2.35. The minimum absolute atomic E-state index is 0.00914. The number of aliphatic imine (C=N–C) groups is 1. The number of hydrogen-bond acceptors (Lipinski definition) is 5. The van der Waals surface area contributed by atoms with Gasteiger partial charge in [0.15, 0.2) is 6.04 Å². The highest BCUT2D eigenvalue weighted by Gasteiger charge is 2.26. The van der Waals surface area contributed by atoms with Crippen molar-refractivity contribution in [3.8, 4) is 11.5 Å². The number of benzene rings is 1. The number of rotatable bonds is 2. The number of nitrogens with zero attached hydrogens (tertiary/aromatic N) is 1. The Bertz CT molecular complexity index is 472. The molecule has 1 aromatic carbocycles. The van der Waals surface area contributed by atoms with Gasteiger partial charge in [0.1, 0.15) is 16.5 Å². The lowest BCUT2D eigenvalue weighted by atomic mass is 10.2. The molecule has 84 valence electrons. The summed E-state index contributed by atoms with van der Waals surface area (Å²) in [7, 11) is 0. The van der Waals surface area contributed by atoms with Crippen molar-refractivity contribution in [3.63, 3.8) is 0 Å². The lowest BCUT2D eigenvalue weighted by Gasteiger charge is -2.03. The Labute approximate surface area is 95.4 Å². The van der Waals surface area contributed by atoms with E-state index in [-0.39, 0.29) is 11.5 Å². The molecule has 0 saturated heterocycles. The second-order valence-corrected chi connectivity index (χ2v) is 4.31. The van der Waals surface area contributed by atoms with Crippen molar-refractivity contribution in [2.24, 2.45) is 4.99 Å². The van der Waals surface area contributed by atoms with Crippen LogP contribution in [0.5, 0.6) is 11.5 Å². The minimum atomic E-state index is -0.984. The molecule has 0 radical (unpaired) electrons. The van der Waals surface area contributed by atoms with Gasteiger partial charge in [-0.1, -0.05) is 0 Å². The SMILES string of the molecule is O=C(O)[C@H]1CSC(c2cc(O)ccc2O)=N1. The molecule has 3 N–H and O–H groups in total. The molecule has 0 spiro atoms. The quantitative estimate of drug-likeness (QED) is 0.671. The van der Waals surface area contributed by atoms with E-state index in [9.17, 15) is 15.0 Å². The van der Waals surface area contributed by atoms with Gasteiger partial charge in [0.25, 0.3) is 0 Å². The van der Waals surface area contributed by atoms with Gasteiger partial charge in [0.05, 0.1) is 5.56 Å². The number of phenolic OH excluding ortho intramolecular Hbond substituents is 2. The van der Waals surface area contributed by atoms with Gasteiger partial charge >= 0.3 is 5.97 Å². The summed E-state index contributed by atoms with van der Waals surface area (Å²) < 4.78 is 0. The van der Waals surface area contributed by atoms with Crippen molar-refractivity contribution in [1.29, 1.82) is 0 Å². The molecule has 1 heterocycles. The predicted molar refractivity (Wildman–Crippen MR) is 60.2 cm³/mol. The van der Waals surface area contributed by atoms with Crippen molar-refractivity contribution >= 4 is 22.8 Å². The van der Waals surface area contributed by atoms with E-state index in [1.54, 1.807) is 0 Å². The van der Waals surface area contributed by atoms with Crippen molar-refractivity contribution < 1.29 is 20.1 Å². The molecule has 0 aromatic heterocycles. The van der Waals surface area contributed by atoms with Gasteiger partial charge in [-0.05, 0) is 18.2 Å². The summed E-state index contributed by atoms with van der Waals surface area (Å²) in [5.41, 5.74) is 0.369. The Morgan fingerprint density at radius 3 is 2.81 bits per heavy atom. The first-order valence-electron chi connectivity index (χ1n) is 4.53. The highest BCUT2D eigenvalue weighted by Crippen LogP contribution is 2.30. The maximum absolute atomic E-state index is 10.7. The fourth-order valence-corrected chi connectivity index (χ4v) is 2.40. The second kappa shape index (κ2) is 4.05. The topological polar surface area (TPSA) is 90.1 Å². The highest BCUT2D eigenvalue weighted by molar-refractivity contribution is 8.14. The van der Waals surface area contributed by atoms with E-state index < -0.39 is 12.0 Å². The number of phenols is 2. The highest BCUT2D eigenvalue weighted by atomic mass is 32.2. The van der Waals surface area contributed by atoms with E-state index in [2.05, 4.69) is 4.99 Å². The summed E-state index contributed by atoms with van der Waals surface area (Å²) in [4.78, 5) is 14.7. The van der Waals surface area contributed by atoms with E-state index in [1.807, 2.05) is 0 Å². The van der Waals surface area contributed by atoms with E-state index in [0.717, 1.165) is 0 Å². The maximum atomic E-state index is 10.7. The number of carbonyl (C=O) groups is 1. The molecule has 0 aliphatic carbocycles. The van der Waals surface area contributed by atoms with Gasteiger partial charge in [-0.15, -0.1) is 11.8 Å². The first-order valence-corrected chi connectivity index (χ1v) is 5.52. The first-order chi connectivity index (χ1) is 7.58. The summed E-state index contributed by atoms with van der Waals surface area (Å²) in [5.74, 6) is -0.646. The fourth-order valence-electron chi connectivity index (χ4n) is 1.34. The van der Waals surface area contributed by atoms with Gasteiger partial charge in [0.2, 0.25) is 0 Å². The molecule has 0 bridgehead atoms. The van der Waals surface area contributed by atoms with Gasteiger partial charge < -0.3 is 15.3 Å². The van der Waals surface area contributed by atoms with Crippen LogP contribution in [0.25, 0.3) is 0 Å². The molecule has 1 aliphatic rings. The van der Waals surface area contributed by atoms with Crippen LogP contribution in [0.4, 0.5) is 0 Å². The van der Waals surface area contributed by atoms with Crippen molar-refractivity contribution in [3.05, 3.63) is 23.8 Å². The lowest BCUT2D eigenvalue weighted by Crippen LogP contribution is -2.17. The monoisotopic (exact) mass is 239 g/mol. The molecule has 1 atom stereocenters. The van der Waals surface area contributed by atoms with Crippen LogP contribution in [-0.4, -0.2) is 38.1 Å². The van der Waals surface area contributed by atoms with Crippen LogP contribution in [0.2, 0.25) is 0 Å². The molecule has 0 unspecified atom stereocenters. The van der Waals surface area contributed by atoms with Crippen LogP contribution in [0.3, 0.4) is 0 Å². The third kappa shape index (κ3) is 1.96. The zero-order chi connectivity index (χ0) is 11.7. The van der Waals surface area contributed by atoms with Crippen molar-refractivity contribution in [2.45, 2.75) is 6.04 Å². The van der Waals surface area contributed by atoms with Crippen LogP contribution in [0.1, 0.15) is 5.56 Å². The maximum Gasteiger partial charge on any atom is 0.329 e. The molecule has 16 heavy (non-hydrogen) atoms. The Morgan fingerprint density at radius 2 is 2.19 bits per heavy atom. The second-order valence-electron chi connectivity index (χ2n) is 3.30. The number of aliphatic carboxylic acids is 1.